The van der Waals surface area contributed by atoms with Crippen molar-refractivity contribution < 1.29 is 43.9 Å². The molecule has 15 heterocycles. The molecular formula is C96H74BrCl2F10N25. The summed E-state index contributed by atoms with van der Waals surface area (Å²) in [5, 5.41) is 16.5. The quantitative estimate of drug-likeness (QED) is 0.0597. The van der Waals surface area contributed by atoms with Gasteiger partial charge in [-0.3, -0.25) is 22.0 Å². The predicted molar refractivity (Wildman–Crippen MR) is 500 cm³/mol. The van der Waals surface area contributed by atoms with Gasteiger partial charge in [0.15, 0.2) is 40.5 Å². The molecule has 0 spiro atoms. The first-order chi connectivity index (χ1) is 64.1. The van der Waals surface area contributed by atoms with Gasteiger partial charge in [-0.1, -0.05) is 92.7 Å². The van der Waals surface area contributed by atoms with Gasteiger partial charge in [-0.2, -0.15) is 39.5 Å². The monoisotopic (exact) mass is 1920 g/mol. The van der Waals surface area contributed by atoms with Gasteiger partial charge >= 0.3 is 18.5 Å². The largest absolute Gasteiger partial charge is 0.435 e. The first-order valence-electron chi connectivity index (χ1n) is 40.8. The molecule has 0 amide bonds. The summed E-state index contributed by atoms with van der Waals surface area (Å²) in [6, 6.07) is 60.8. The average molecular weight is 1920 g/mol. The number of hydrogen-bond donors (Lipinski definition) is 5. The van der Waals surface area contributed by atoms with Gasteiger partial charge in [0, 0.05) is 99.9 Å². The van der Waals surface area contributed by atoms with Crippen LogP contribution in [0.2, 0.25) is 10.0 Å². The van der Waals surface area contributed by atoms with Crippen LogP contribution in [0.15, 0.2) is 279 Å². The van der Waals surface area contributed by atoms with Crippen LogP contribution in [0.3, 0.4) is 0 Å². The number of alkyl halides is 9. The van der Waals surface area contributed by atoms with E-state index in [0.717, 1.165) is 130 Å². The molecule has 0 aliphatic heterocycles. The molecule has 38 heteroatoms. The van der Waals surface area contributed by atoms with Gasteiger partial charge < -0.3 is 26.6 Å². The Bertz CT molecular complexity index is 7300. The van der Waals surface area contributed by atoms with Crippen LogP contribution in [0.5, 0.6) is 0 Å². The molecule has 5 aromatic carbocycles. The number of aryl methyl sites for hydroxylation is 8. The number of fused-ring (bicyclic) bond motifs is 5. The molecule has 5 N–H and O–H groups in total. The standard InChI is InChI=1S/C20H16F3N5.C20H19N5.C19H16BrN5.C19H13F4N5.C18H10Cl2F3N5/c1-12-3-8-17-25-13(2)18(28(17)11-12)19-24-10-9-16(27-19)26-15-6-4-14(5-7-15)20(21,22)23;1-13-4-7-16(8-5-13)23-17-10-11-21-20(24-17)19-15(3)22-18-9-6-14(2)12-25(18)19;1-12-3-8-17-22-13(2)18(25(17)11-12)19-21-10-9-16(24-19)23-15-6-4-14(20)5-7-15;1-11-2-5-13(6-3-11)25-14-8-9-24-18(26-14)16-17(19(21,22)23)27-15-7-4-12(20)10-28(15)16;19-10-1-4-12(5-2-10)25-13-7-8-24-17(26-13)15-16(18(21,22)23)27-14-6-3-11(20)9-28(14)15/h3-11H,1-2H3,(H,24,26,27);4-12H,1-3H3,(H,21,23,24);3-11H,1-2H3,(H,21,23,24);2-10H,1H3,(H,24,25,26);1-9H,(H,24,25,26). The van der Waals surface area contributed by atoms with E-state index in [-0.39, 0.29) is 33.7 Å². The zero-order valence-electron chi connectivity index (χ0n) is 71.8. The molecular weight excluding hydrogens is 1840 g/mol. The van der Waals surface area contributed by atoms with Crippen molar-refractivity contribution in [1.82, 2.24) is 96.8 Å². The van der Waals surface area contributed by atoms with E-state index < -0.39 is 47.0 Å². The molecule has 0 aliphatic rings. The second-order valence-electron chi connectivity index (χ2n) is 30.5. The molecule has 0 atom stereocenters. The van der Waals surface area contributed by atoms with Gasteiger partial charge in [-0.05, 0) is 242 Å². The minimum absolute atomic E-state index is 0.0516. The number of halogens is 13. The van der Waals surface area contributed by atoms with E-state index in [1.165, 1.54) is 70.5 Å². The van der Waals surface area contributed by atoms with Crippen LogP contribution in [0, 0.1) is 61.2 Å². The maximum Gasteiger partial charge on any atom is 0.435 e. The number of nitrogens with zero attached hydrogens (tertiary/aromatic N) is 20. The second kappa shape index (κ2) is 38.8. The Balaban J connectivity index is 0.000000122. The summed E-state index contributed by atoms with van der Waals surface area (Å²) in [4.78, 5) is 64.6. The summed E-state index contributed by atoms with van der Waals surface area (Å²) in [5.74, 6) is 3.33. The molecule has 0 saturated heterocycles. The van der Waals surface area contributed by atoms with Gasteiger partial charge in [0.2, 0.25) is 0 Å². The SMILES string of the molecule is Cc1ccc(Nc2ccnc(-c3c(C(F)(F)F)nc4ccc(F)cn34)n2)cc1.Cc1ccc(Nc2ccnc(-c3c(C)nc4ccc(C)cn34)n2)cc1.Cc1ccc2nc(C)c(-c3nccc(Nc4ccc(Br)cc4)n3)n2c1.Cc1ccc2nc(C)c(-c3nccc(Nc4ccc(C(F)(F)F)cc4)n3)n2c1.FC(F)(F)c1nc2ccc(Cl)cn2c1-c1nccc(Nc2ccc(Cl)cc2)n1. The number of pyridine rings is 5. The molecule has 134 heavy (non-hydrogen) atoms. The van der Waals surface area contributed by atoms with Gasteiger partial charge in [0.05, 0.1) is 27.7 Å². The highest BCUT2D eigenvalue weighted by Gasteiger charge is 2.41. The van der Waals surface area contributed by atoms with E-state index in [2.05, 4.69) is 174 Å². The van der Waals surface area contributed by atoms with Crippen molar-refractivity contribution in [3.8, 4) is 57.6 Å². The van der Waals surface area contributed by atoms with E-state index in [0.29, 0.717) is 51.3 Å². The number of rotatable bonds is 15. The molecule has 0 unspecified atom stereocenters. The molecule has 0 radical (unpaired) electrons. The third-order valence-electron chi connectivity index (χ3n) is 20.2. The lowest BCUT2D eigenvalue weighted by Gasteiger charge is -2.10. The lowest BCUT2D eigenvalue weighted by atomic mass is 10.2. The maximum atomic E-state index is 13.7. The Hall–Kier alpha value is -15.7. The molecule has 0 saturated carbocycles. The summed E-state index contributed by atoms with van der Waals surface area (Å²) in [7, 11) is 0. The highest BCUT2D eigenvalue weighted by molar-refractivity contribution is 9.10. The minimum Gasteiger partial charge on any atom is -0.340 e. The average Bonchev–Trinajstić information content (AvgIpc) is 1.60. The number of hydrogen-bond acceptors (Lipinski definition) is 20. The topological polar surface area (TPSA) is 276 Å². The first kappa shape index (κ1) is 91.6. The molecule has 0 aliphatic carbocycles. The van der Waals surface area contributed by atoms with Crippen molar-refractivity contribution in [3.63, 3.8) is 0 Å². The summed E-state index contributed by atoms with van der Waals surface area (Å²) in [6.07, 6.45) is 2.39. The van der Waals surface area contributed by atoms with Gasteiger partial charge in [-0.25, -0.2) is 79.2 Å². The number of imidazole rings is 5. The summed E-state index contributed by atoms with van der Waals surface area (Å²) < 4.78 is 142. The number of aromatic nitrogens is 20. The van der Waals surface area contributed by atoms with Crippen LogP contribution in [-0.4, -0.2) is 96.8 Å². The van der Waals surface area contributed by atoms with Crippen molar-refractivity contribution in [3.05, 3.63) is 356 Å². The van der Waals surface area contributed by atoms with Crippen molar-refractivity contribution in [2.45, 2.75) is 73.9 Å². The smallest absolute Gasteiger partial charge is 0.340 e. The zero-order chi connectivity index (χ0) is 94.4. The van der Waals surface area contributed by atoms with Crippen LogP contribution in [0.25, 0.3) is 85.8 Å². The van der Waals surface area contributed by atoms with E-state index >= 15 is 0 Å². The fourth-order valence-electron chi connectivity index (χ4n) is 14.0. The number of nitrogens with one attached hydrogen (secondary N) is 5. The Morgan fingerprint density at radius 3 is 0.851 bits per heavy atom. The van der Waals surface area contributed by atoms with Crippen molar-refractivity contribution in [1.29, 1.82) is 0 Å². The first-order valence-corrected chi connectivity index (χ1v) is 42.4. The highest BCUT2D eigenvalue weighted by Crippen LogP contribution is 2.40. The van der Waals surface area contributed by atoms with Crippen LogP contribution in [0.1, 0.15) is 61.9 Å². The summed E-state index contributed by atoms with van der Waals surface area (Å²) in [6.45, 7) is 16.0. The molecule has 25 nitrogen and oxygen atoms in total. The lowest BCUT2D eigenvalue weighted by Crippen LogP contribution is -2.09. The summed E-state index contributed by atoms with van der Waals surface area (Å²) >= 11 is 15.3. The van der Waals surface area contributed by atoms with Crippen molar-refractivity contribution >= 4 is 125 Å². The van der Waals surface area contributed by atoms with Gasteiger partial charge in [0.25, 0.3) is 0 Å². The normalized spacial score (nSPS) is 11.5. The predicted octanol–water partition coefficient (Wildman–Crippen LogP) is 25.4. The molecule has 15 aromatic heterocycles. The van der Waals surface area contributed by atoms with Gasteiger partial charge in [-0.15, -0.1) is 0 Å². The zero-order valence-corrected chi connectivity index (χ0v) is 74.9. The van der Waals surface area contributed by atoms with Crippen molar-refractivity contribution in [2.75, 3.05) is 26.6 Å². The third kappa shape index (κ3) is 21.6. The number of benzene rings is 5. The molecule has 0 bridgehead atoms. The van der Waals surface area contributed by atoms with Crippen molar-refractivity contribution in [2.24, 2.45) is 0 Å². The third-order valence-corrected chi connectivity index (χ3v) is 21.2. The Morgan fingerprint density at radius 2 is 0.522 bits per heavy atom. The fraction of sp³-hybridized carbons (Fsp3) is 0.115. The summed E-state index contributed by atoms with van der Waals surface area (Å²) in [5.41, 5.74) is 13.7. The van der Waals surface area contributed by atoms with Gasteiger partial charge in [0.1, 0.15) is 91.6 Å². The van der Waals surface area contributed by atoms with Crippen LogP contribution >= 0.6 is 39.1 Å². The second-order valence-corrected chi connectivity index (χ2v) is 32.3. The van der Waals surface area contributed by atoms with E-state index in [9.17, 15) is 43.9 Å². The molecule has 0 fully saturated rings. The van der Waals surface area contributed by atoms with E-state index in [1.54, 1.807) is 55.0 Å². The van der Waals surface area contributed by atoms with E-state index in [1.807, 2.05) is 147 Å². The highest BCUT2D eigenvalue weighted by atomic mass is 79.9. The lowest BCUT2D eigenvalue weighted by molar-refractivity contribution is -0.141. The molecule has 20 aromatic rings. The number of anilines is 10. The molecule has 674 valence electrons. The minimum atomic E-state index is -4.75. The van der Waals surface area contributed by atoms with E-state index in [4.69, 9.17) is 28.2 Å². The van der Waals surface area contributed by atoms with Crippen LogP contribution < -0.4 is 26.6 Å². The van der Waals surface area contributed by atoms with Crippen LogP contribution in [-0.2, 0) is 18.5 Å². The Morgan fingerprint density at radius 1 is 0.261 bits per heavy atom. The Labute approximate surface area is 775 Å². The van der Waals surface area contributed by atoms with Crippen LogP contribution in [0.4, 0.5) is 101 Å². The Kier molecular flexibility index (Phi) is 26.5. The maximum absolute atomic E-state index is 13.7. The fourth-order valence-corrected chi connectivity index (χ4v) is 14.6. The molecule has 20 rings (SSSR count).